The number of hydrogen-bond donors (Lipinski definition) is 0. The zero-order valence-electron chi connectivity index (χ0n) is 8.45. The molecular weight excluding hydrogens is 212 g/mol. The molecule has 2 heterocycles. The van der Waals surface area contributed by atoms with E-state index in [1.807, 2.05) is 0 Å². The van der Waals surface area contributed by atoms with Crippen molar-refractivity contribution in [3.63, 3.8) is 0 Å². The zero-order valence-corrected chi connectivity index (χ0v) is 9.20. The van der Waals surface area contributed by atoms with Gasteiger partial charge in [-0.2, -0.15) is 0 Å². The normalized spacial score (nSPS) is 16.5. The minimum atomic E-state index is 0.444. The number of nitrogens with zero attached hydrogens (tertiary/aromatic N) is 2. The maximum Gasteiger partial charge on any atom is 0.168 e. The van der Waals surface area contributed by atoms with Gasteiger partial charge in [-0.15, -0.1) is 0 Å². The summed E-state index contributed by atoms with van der Waals surface area (Å²) in [4.78, 5) is 16.8. The molecule has 1 aromatic heterocycles. The lowest BCUT2D eigenvalue weighted by Gasteiger charge is -2.29. The van der Waals surface area contributed by atoms with Crippen LogP contribution in [0.1, 0.15) is 29.8 Å². The van der Waals surface area contributed by atoms with Crippen LogP contribution in [0.3, 0.4) is 0 Å². The van der Waals surface area contributed by atoms with Crippen LogP contribution in [0.25, 0.3) is 0 Å². The van der Waals surface area contributed by atoms with Gasteiger partial charge in [0.15, 0.2) is 6.29 Å². The first-order valence-corrected chi connectivity index (χ1v) is 5.55. The Kier molecular flexibility index (Phi) is 3.21. The van der Waals surface area contributed by atoms with E-state index in [0.29, 0.717) is 10.7 Å². The van der Waals surface area contributed by atoms with Gasteiger partial charge in [-0.05, 0) is 25.3 Å². The van der Waals surface area contributed by atoms with E-state index in [4.69, 9.17) is 11.6 Å². The number of aromatic nitrogens is 1. The van der Waals surface area contributed by atoms with Crippen LogP contribution in [-0.2, 0) is 0 Å². The third kappa shape index (κ3) is 2.29. The van der Waals surface area contributed by atoms with E-state index in [-0.39, 0.29) is 0 Å². The average molecular weight is 225 g/mol. The summed E-state index contributed by atoms with van der Waals surface area (Å²) in [6.07, 6.45) is 5.96. The molecule has 0 aromatic carbocycles. The lowest BCUT2D eigenvalue weighted by molar-refractivity contribution is 0.111. The first-order chi connectivity index (χ1) is 7.31. The van der Waals surface area contributed by atoms with Gasteiger partial charge in [0.2, 0.25) is 0 Å². The van der Waals surface area contributed by atoms with Crippen LogP contribution < -0.4 is 4.90 Å². The van der Waals surface area contributed by atoms with Gasteiger partial charge in [0.25, 0.3) is 0 Å². The van der Waals surface area contributed by atoms with Crippen molar-refractivity contribution in [1.29, 1.82) is 0 Å². The van der Waals surface area contributed by atoms with Crippen molar-refractivity contribution in [3.05, 3.63) is 23.0 Å². The molecule has 0 bridgehead atoms. The number of piperidine rings is 1. The monoisotopic (exact) mass is 224 g/mol. The minimum absolute atomic E-state index is 0.444. The van der Waals surface area contributed by atoms with Crippen LogP contribution in [0.2, 0.25) is 5.02 Å². The molecule has 0 unspecified atom stereocenters. The molecule has 2 rings (SSSR count). The SMILES string of the molecule is O=Cc1cc(N2CCCCC2)c(Cl)cn1. The zero-order chi connectivity index (χ0) is 10.7. The number of aldehydes is 1. The van der Waals surface area contributed by atoms with Gasteiger partial charge < -0.3 is 4.90 Å². The summed E-state index contributed by atoms with van der Waals surface area (Å²) < 4.78 is 0. The smallest absolute Gasteiger partial charge is 0.168 e. The Morgan fingerprint density at radius 2 is 2.07 bits per heavy atom. The van der Waals surface area contributed by atoms with E-state index in [2.05, 4.69) is 9.88 Å². The highest BCUT2D eigenvalue weighted by Gasteiger charge is 2.14. The largest absolute Gasteiger partial charge is 0.370 e. The van der Waals surface area contributed by atoms with E-state index in [9.17, 15) is 4.79 Å². The predicted molar refractivity (Wildman–Crippen MR) is 60.7 cm³/mol. The van der Waals surface area contributed by atoms with Crippen molar-refractivity contribution in [3.8, 4) is 0 Å². The maximum atomic E-state index is 10.6. The highest BCUT2D eigenvalue weighted by Crippen LogP contribution is 2.27. The van der Waals surface area contributed by atoms with E-state index < -0.39 is 0 Å². The highest BCUT2D eigenvalue weighted by atomic mass is 35.5. The Balaban J connectivity index is 2.28. The Labute approximate surface area is 94.1 Å². The third-order valence-corrected chi connectivity index (χ3v) is 2.96. The molecule has 1 fully saturated rings. The standard InChI is InChI=1S/C11H13ClN2O/c12-10-7-13-9(8-15)6-11(10)14-4-2-1-3-5-14/h6-8H,1-5H2. The summed E-state index contributed by atoms with van der Waals surface area (Å²) in [6, 6.07) is 1.76. The van der Waals surface area contributed by atoms with Crippen LogP contribution in [0.5, 0.6) is 0 Å². The Morgan fingerprint density at radius 3 is 2.73 bits per heavy atom. The van der Waals surface area contributed by atoms with Crippen LogP contribution >= 0.6 is 11.6 Å². The second-order valence-electron chi connectivity index (χ2n) is 3.73. The molecule has 0 spiro atoms. The predicted octanol–water partition coefficient (Wildman–Crippen LogP) is 2.54. The molecule has 4 heteroatoms. The number of carbonyl (C=O) groups is 1. The van der Waals surface area contributed by atoms with Crippen LogP contribution in [0.15, 0.2) is 12.3 Å². The highest BCUT2D eigenvalue weighted by molar-refractivity contribution is 6.33. The van der Waals surface area contributed by atoms with Crippen LogP contribution in [0.4, 0.5) is 5.69 Å². The second-order valence-corrected chi connectivity index (χ2v) is 4.13. The van der Waals surface area contributed by atoms with E-state index in [0.717, 1.165) is 25.1 Å². The molecule has 0 amide bonds. The first kappa shape index (κ1) is 10.4. The van der Waals surface area contributed by atoms with Crippen molar-refractivity contribution in [1.82, 2.24) is 4.98 Å². The average Bonchev–Trinajstić information content (AvgIpc) is 2.31. The minimum Gasteiger partial charge on any atom is -0.370 e. The maximum absolute atomic E-state index is 10.6. The molecule has 3 nitrogen and oxygen atoms in total. The molecule has 0 radical (unpaired) electrons. The summed E-state index contributed by atoms with van der Waals surface area (Å²) >= 11 is 6.07. The molecule has 1 aromatic rings. The third-order valence-electron chi connectivity index (χ3n) is 2.67. The van der Waals surface area contributed by atoms with Gasteiger partial charge in [0.05, 0.1) is 10.7 Å². The molecular formula is C11H13ClN2O. The summed E-state index contributed by atoms with van der Waals surface area (Å²) in [7, 11) is 0. The first-order valence-electron chi connectivity index (χ1n) is 5.17. The van der Waals surface area contributed by atoms with Gasteiger partial charge in [-0.1, -0.05) is 11.6 Å². The summed E-state index contributed by atoms with van der Waals surface area (Å²) in [6.45, 7) is 2.03. The fourth-order valence-electron chi connectivity index (χ4n) is 1.89. The van der Waals surface area contributed by atoms with Gasteiger partial charge in [-0.3, -0.25) is 9.78 Å². The van der Waals surface area contributed by atoms with Gasteiger partial charge in [0, 0.05) is 19.3 Å². The molecule has 1 aliphatic heterocycles. The Hall–Kier alpha value is -1.09. The molecule has 0 N–H and O–H groups in total. The topological polar surface area (TPSA) is 33.2 Å². The summed E-state index contributed by atoms with van der Waals surface area (Å²) in [5.74, 6) is 0. The lowest BCUT2D eigenvalue weighted by atomic mass is 10.1. The number of anilines is 1. The van der Waals surface area contributed by atoms with Gasteiger partial charge >= 0.3 is 0 Å². The number of carbonyl (C=O) groups excluding carboxylic acids is 1. The molecule has 80 valence electrons. The molecule has 0 atom stereocenters. The van der Waals surface area contributed by atoms with Crippen molar-refractivity contribution in [2.45, 2.75) is 19.3 Å². The van der Waals surface area contributed by atoms with Crippen molar-refractivity contribution in [2.75, 3.05) is 18.0 Å². The fourth-order valence-corrected chi connectivity index (χ4v) is 2.11. The summed E-state index contributed by atoms with van der Waals surface area (Å²) in [5, 5.41) is 0.627. The van der Waals surface area contributed by atoms with Gasteiger partial charge in [-0.25, -0.2) is 0 Å². The molecule has 1 saturated heterocycles. The van der Waals surface area contributed by atoms with Crippen molar-refractivity contribution in [2.24, 2.45) is 0 Å². The van der Waals surface area contributed by atoms with E-state index >= 15 is 0 Å². The van der Waals surface area contributed by atoms with E-state index in [1.165, 1.54) is 19.3 Å². The van der Waals surface area contributed by atoms with Crippen molar-refractivity contribution < 1.29 is 4.79 Å². The number of hydrogen-bond acceptors (Lipinski definition) is 3. The van der Waals surface area contributed by atoms with Crippen LogP contribution in [0, 0.1) is 0 Å². The molecule has 15 heavy (non-hydrogen) atoms. The van der Waals surface area contributed by atoms with Gasteiger partial charge in [0.1, 0.15) is 5.69 Å². The Morgan fingerprint density at radius 1 is 1.33 bits per heavy atom. The fraction of sp³-hybridized carbons (Fsp3) is 0.455. The van der Waals surface area contributed by atoms with Crippen LogP contribution in [-0.4, -0.2) is 24.4 Å². The molecule has 0 saturated carbocycles. The van der Waals surface area contributed by atoms with E-state index in [1.54, 1.807) is 12.3 Å². The second kappa shape index (κ2) is 4.62. The Bertz CT molecular complexity index is 362. The molecule has 1 aliphatic rings. The summed E-state index contributed by atoms with van der Waals surface area (Å²) in [5.41, 5.74) is 1.38. The van der Waals surface area contributed by atoms with Crippen molar-refractivity contribution >= 4 is 23.6 Å². The number of rotatable bonds is 2. The number of halogens is 1. The lowest BCUT2D eigenvalue weighted by Crippen LogP contribution is -2.29. The quantitative estimate of drug-likeness (QED) is 0.724. The molecule has 0 aliphatic carbocycles. The number of pyridine rings is 1.